The summed E-state index contributed by atoms with van der Waals surface area (Å²) >= 11 is 0. The van der Waals surface area contributed by atoms with E-state index in [1.807, 2.05) is 0 Å². The molecular weight excluding hydrogens is 365 g/mol. The highest BCUT2D eigenvalue weighted by atomic mass is 19.1. The van der Waals surface area contributed by atoms with Crippen molar-refractivity contribution in [2.45, 2.75) is 13.5 Å². The molecule has 8 heteroatoms. The molecule has 1 N–H and O–H groups in total. The maximum Gasteiger partial charge on any atom is 0.272 e. The van der Waals surface area contributed by atoms with Gasteiger partial charge in [0.15, 0.2) is 0 Å². The molecule has 0 atom stereocenters. The third kappa shape index (κ3) is 4.47. The van der Waals surface area contributed by atoms with Crippen LogP contribution in [0.4, 0.5) is 10.1 Å². The summed E-state index contributed by atoms with van der Waals surface area (Å²) in [5.74, 6) is -0.291. The van der Waals surface area contributed by atoms with Crippen LogP contribution in [0.3, 0.4) is 0 Å². The molecule has 0 aliphatic rings. The number of benzene rings is 2. The first-order chi connectivity index (χ1) is 13.4. The Morgan fingerprint density at radius 2 is 2.04 bits per heavy atom. The fraction of sp³-hybridized carbons (Fsp3) is 0.100. The number of aromatic nitrogens is 1. The summed E-state index contributed by atoms with van der Waals surface area (Å²) in [6.07, 6.45) is 1.53. The molecule has 2 aromatic carbocycles. The second-order valence-corrected chi connectivity index (χ2v) is 5.97. The van der Waals surface area contributed by atoms with Crippen molar-refractivity contribution in [1.29, 1.82) is 0 Å². The first-order valence-corrected chi connectivity index (χ1v) is 8.34. The van der Waals surface area contributed by atoms with Crippen molar-refractivity contribution in [1.82, 2.24) is 10.3 Å². The van der Waals surface area contributed by atoms with Crippen LogP contribution in [0.5, 0.6) is 11.6 Å². The Hall–Kier alpha value is -3.81. The molecule has 3 aromatic rings. The van der Waals surface area contributed by atoms with E-state index in [-0.39, 0.29) is 23.9 Å². The van der Waals surface area contributed by atoms with Gasteiger partial charge >= 0.3 is 0 Å². The quantitative estimate of drug-likeness (QED) is 0.511. The van der Waals surface area contributed by atoms with Gasteiger partial charge in [-0.2, -0.15) is 0 Å². The molecule has 0 saturated carbocycles. The van der Waals surface area contributed by atoms with Gasteiger partial charge in [0.25, 0.3) is 11.6 Å². The summed E-state index contributed by atoms with van der Waals surface area (Å²) in [5, 5.41) is 13.6. The van der Waals surface area contributed by atoms with E-state index in [1.54, 1.807) is 25.1 Å². The minimum Gasteiger partial charge on any atom is -0.439 e. The number of halogens is 1. The Balaban J connectivity index is 1.72. The molecule has 28 heavy (non-hydrogen) atoms. The van der Waals surface area contributed by atoms with Crippen LogP contribution in [0, 0.1) is 22.9 Å². The molecule has 0 bridgehead atoms. The van der Waals surface area contributed by atoms with Crippen LogP contribution in [0.1, 0.15) is 21.5 Å². The number of carbonyl (C=O) groups is 1. The average Bonchev–Trinajstić information content (AvgIpc) is 2.66. The zero-order valence-electron chi connectivity index (χ0n) is 14.9. The maximum atomic E-state index is 13.3. The molecule has 1 heterocycles. The van der Waals surface area contributed by atoms with E-state index < -0.39 is 16.6 Å². The number of amides is 1. The lowest BCUT2D eigenvalue weighted by Crippen LogP contribution is -2.23. The molecular formula is C20H16FN3O4. The van der Waals surface area contributed by atoms with Crippen LogP contribution in [-0.4, -0.2) is 15.8 Å². The van der Waals surface area contributed by atoms with Gasteiger partial charge in [-0.3, -0.25) is 14.9 Å². The van der Waals surface area contributed by atoms with Gasteiger partial charge in [0.05, 0.1) is 4.92 Å². The van der Waals surface area contributed by atoms with Crippen molar-refractivity contribution in [3.63, 3.8) is 0 Å². The first kappa shape index (κ1) is 19.0. The van der Waals surface area contributed by atoms with Crippen LogP contribution in [0.15, 0.2) is 60.8 Å². The Kier molecular flexibility index (Phi) is 5.59. The third-order valence-corrected chi connectivity index (χ3v) is 3.96. The Bertz CT molecular complexity index is 1040. The number of carbonyl (C=O) groups excluding carboxylic acids is 1. The number of rotatable bonds is 6. The molecule has 0 fully saturated rings. The highest BCUT2D eigenvalue weighted by molar-refractivity contribution is 5.94. The zero-order chi connectivity index (χ0) is 20.1. The van der Waals surface area contributed by atoms with Crippen molar-refractivity contribution >= 4 is 11.6 Å². The van der Waals surface area contributed by atoms with Gasteiger partial charge < -0.3 is 10.1 Å². The summed E-state index contributed by atoms with van der Waals surface area (Å²) < 4.78 is 18.9. The van der Waals surface area contributed by atoms with Gasteiger partial charge in [-0.05, 0) is 37.3 Å². The summed E-state index contributed by atoms with van der Waals surface area (Å²) in [5.41, 5.74) is 1.25. The van der Waals surface area contributed by atoms with Crippen molar-refractivity contribution in [3.8, 4) is 11.6 Å². The molecule has 0 unspecified atom stereocenters. The van der Waals surface area contributed by atoms with Crippen LogP contribution < -0.4 is 10.1 Å². The number of nitro benzene ring substituents is 1. The number of nitro groups is 1. The summed E-state index contributed by atoms with van der Waals surface area (Å²) in [7, 11) is 0. The normalized spacial score (nSPS) is 10.4. The molecule has 0 saturated heterocycles. The number of hydrogen-bond donors (Lipinski definition) is 1. The molecule has 1 aromatic heterocycles. The highest BCUT2D eigenvalue weighted by Crippen LogP contribution is 2.24. The van der Waals surface area contributed by atoms with Crippen LogP contribution in [0.25, 0.3) is 0 Å². The van der Waals surface area contributed by atoms with Gasteiger partial charge in [-0.1, -0.05) is 12.1 Å². The lowest BCUT2D eigenvalue weighted by atomic mass is 10.1. The smallest absolute Gasteiger partial charge is 0.272 e. The van der Waals surface area contributed by atoms with Crippen molar-refractivity contribution < 1.29 is 18.8 Å². The Morgan fingerprint density at radius 3 is 2.75 bits per heavy atom. The van der Waals surface area contributed by atoms with E-state index in [4.69, 9.17) is 4.74 Å². The van der Waals surface area contributed by atoms with Gasteiger partial charge in [-0.15, -0.1) is 0 Å². The Morgan fingerprint density at radius 1 is 1.21 bits per heavy atom. The van der Waals surface area contributed by atoms with E-state index >= 15 is 0 Å². The fourth-order valence-corrected chi connectivity index (χ4v) is 2.57. The molecule has 7 nitrogen and oxygen atoms in total. The molecule has 0 radical (unpaired) electrons. The molecule has 0 spiro atoms. The average molecular weight is 381 g/mol. The van der Waals surface area contributed by atoms with Gasteiger partial charge in [0.2, 0.25) is 5.88 Å². The molecule has 1 amide bonds. The van der Waals surface area contributed by atoms with Gasteiger partial charge in [-0.25, -0.2) is 9.37 Å². The standard InChI is InChI=1S/C20H16FN3O4/c1-13-10-14(7-8-18(13)24(26)27)19(25)23-12-15-4-3-9-22-20(15)28-17-6-2-5-16(21)11-17/h2-11H,12H2,1H3,(H,23,25). The third-order valence-electron chi connectivity index (χ3n) is 3.96. The van der Waals surface area contributed by atoms with Crippen molar-refractivity contribution in [2.24, 2.45) is 0 Å². The van der Waals surface area contributed by atoms with E-state index in [9.17, 15) is 19.3 Å². The highest BCUT2D eigenvalue weighted by Gasteiger charge is 2.14. The van der Waals surface area contributed by atoms with Crippen LogP contribution >= 0.6 is 0 Å². The van der Waals surface area contributed by atoms with E-state index in [0.29, 0.717) is 16.7 Å². The van der Waals surface area contributed by atoms with E-state index in [0.717, 1.165) is 0 Å². The number of ether oxygens (including phenoxy) is 1. The second-order valence-electron chi connectivity index (χ2n) is 5.97. The largest absolute Gasteiger partial charge is 0.439 e. The lowest BCUT2D eigenvalue weighted by molar-refractivity contribution is -0.385. The predicted molar refractivity (Wildman–Crippen MR) is 99.7 cm³/mol. The van der Waals surface area contributed by atoms with Gasteiger partial charge in [0, 0.05) is 41.6 Å². The number of nitrogens with one attached hydrogen (secondary N) is 1. The second kappa shape index (κ2) is 8.26. The van der Waals surface area contributed by atoms with Gasteiger partial charge in [0.1, 0.15) is 11.6 Å². The monoisotopic (exact) mass is 381 g/mol. The molecule has 3 rings (SSSR count). The summed E-state index contributed by atoms with van der Waals surface area (Å²) in [6.45, 7) is 1.69. The predicted octanol–water partition coefficient (Wildman–Crippen LogP) is 4.16. The summed E-state index contributed by atoms with van der Waals surface area (Å²) in [4.78, 5) is 26.9. The van der Waals surface area contributed by atoms with Crippen molar-refractivity contribution in [3.05, 3.63) is 93.4 Å². The molecule has 142 valence electrons. The Labute approximate surface area is 160 Å². The van der Waals surface area contributed by atoms with Crippen LogP contribution in [0.2, 0.25) is 0 Å². The minimum atomic E-state index is -0.497. The topological polar surface area (TPSA) is 94.4 Å². The number of nitrogens with zero attached hydrogens (tertiary/aromatic N) is 2. The minimum absolute atomic E-state index is 0.0467. The SMILES string of the molecule is Cc1cc(C(=O)NCc2cccnc2Oc2cccc(F)c2)ccc1[N+](=O)[O-]. The molecule has 0 aliphatic heterocycles. The number of pyridine rings is 1. The van der Waals surface area contributed by atoms with E-state index in [1.165, 1.54) is 42.6 Å². The lowest BCUT2D eigenvalue weighted by Gasteiger charge is -2.11. The first-order valence-electron chi connectivity index (χ1n) is 8.34. The summed E-state index contributed by atoms with van der Waals surface area (Å²) in [6, 6.07) is 13.2. The number of aryl methyl sites for hydroxylation is 1. The van der Waals surface area contributed by atoms with Crippen molar-refractivity contribution in [2.75, 3.05) is 0 Å². The maximum absolute atomic E-state index is 13.3. The number of hydrogen-bond acceptors (Lipinski definition) is 5. The zero-order valence-corrected chi connectivity index (χ0v) is 14.9. The fourth-order valence-electron chi connectivity index (χ4n) is 2.57. The molecule has 0 aliphatic carbocycles. The van der Waals surface area contributed by atoms with E-state index in [2.05, 4.69) is 10.3 Å². The van der Waals surface area contributed by atoms with Crippen LogP contribution in [-0.2, 0) is 6.54 Å².